The van der Waals surface area contributed by atoms with Crippen LogP contribution < -0.4 is 16.8 Å². The number of nitrogen functional groups attached to an aromatic ring is 1. The van der Waals surface area contributed by atoms with Crippen LogP contribution in [0.5, 0.6) is 0 Å². The van der Waals surface area contributed by atoms with Gasteiger partial charge in [0.05, 0.1) is 5.70 Å². The number of aryl methyl sites for hydroxylation is 1. The molecule has 0 radical (unpaired) electrons. The van der Waals surface area contributed by atoms with Crippen molar-refractivity contribution in [2.24, 2.45) is 5.73 Å². The predicted octanol–water partition coefficient (Wildman–Crippen LogP) is 4.83. The van der Waals surface area contributed by atoms with Crippen LogP contribution in [0.3, 0.4) is 0 Å². The summed E-state index contributed by atoms with van der Waals surface area (Å²) in [4.78, 5) is 13.2. The Morgan fingerprint density at radius 1 is 1.08 bits per heavy atom. The number of allylic oxidation sites excluding steroid dienone is 1. The molecule has 0 aliphatic heterocycles. The van der Waals surface area contributed by atoms with Crippen molar-refractivity contribution in [3.8, 4) is 11.8 Å². The lowest BCUT2D eigenvalue weighted by molar-refractivity contribution is -0.107. The highest BCUT2D eigenvalue weighted by molar-refractivity contribution is 7.15. The van der Waals surface area contributed by atoms with Gasteiger partial charge < -0.3 is 26.6 Å². The third-order valence-corrected chi connectivity index (χ3v) is 6.25. The molecule has 4 aromatic rings. The average Bonchev–Trinajstić information content (AvgIpc) is 3.51. The maximum absolute atomic E-state index is 9.97. The average molecular weight is 513 g/mol. The van der Waals surface area contributed by atoms with E-state index in [-0.39, 0.29) is 0 Å². The number of nitrogens with one attached hydrogen (secondary N) is 2. The SMILES string of the molecule is CNc1nnc(CCCC#C/C(N)=C/c2cc(Cc3ccccc3)[nH]c2N)s1.O=CCc1ccccc1. The summed E-state index contributed by atoms with van der Waals surface area (Å²) in [6, 6.07) is 21.9. The van der Waals surface area contributed by atoms with Crippen LogP contribution in [0, 0.1) is 11.8 Å². The number of aromatic amines is 1. The van der Waals surface area contributed by atoms with Crippen molar-refractivity contribution in [2.75, 3.05) is 18.1 Å². The van der Waals surface area contributed by atoms with Gasteiger partial charge in [-0.2, -0.15) is 0 Å². The van der Waals surface area contributed by atoms with Crippen molar-refractivity contribution >= 4 is 34.6 Å². The van der Waals surface area contributed by atoms with E-state index >= 15 is 0 Å². The molecule has 7 nitrogen and oxygen atoms in total. The molecule has 0 saturated heterocycles. The summed E-state index contributed by atoms with van der Waals surface area (Å²) in [6.45, 7) is 0. The first kappa shape index (κ1) is 27.2. The van der Waals surface area contributed by atoms with Gasteiger partial charge in [-0.15, -0.1) is 10.2 Å². The molecule has 0 bridgehead atoms. The molecule has 0 aliphatic carbocycles. The lowest BCUT2D eigenvalue weighted by Crippen LogP contribution is -1.94. The molecule has 2 aromatic heterocycles. The quantitative estimate of drug-likeness (QED) is 0.145. The lowest BCUT2D eigenvalue weighted by Gasteiger charge is -1.97. The van der Waals surface area contributed by atoms with Crippen molar-refractivity contribution in [3.05, 3.63) is 99.8 Å². The number of hydrogen-bond donors (Lipinski definition) is 4. The Morgan fingerprint density at radius 2 is 1.78 bits per heavy atom. The topological polar surface area (TPSA) is 123 Å². The van der Waals surface area contributed by atoms with Crippen molar-refractivity contribution in [1.82, 2.24) is 15.2 Å². The molecule has 4 rings (SSSR count). The van der Waals surface area contributed by atoms with E-state index in [9.17, 15) is 4.79 Å². The van der Waals surface area contributed by atoms with Gasteiger partial charge in [0.1, 0.15) is 17.1 Å². The Labute approximate surface area is 222 Å². The number of benzene rings is 2. The third-order valence-electron chi connectivity index (χ3n) is 5.25. The second kappa shape index (κ2) is 14.9. The number of carbonyl (C=O) groups excluding carboxylic acids is 1. The molecule has 0 spiro atoms. The zero-order valence-electron chi connectivity index (χ0n) is 20.9. The number of nitrogens with two attached hydrogens (primary N) is 2. The highest BCUT2D eigenvalue weighted by Gasteiger charge is 2.05. The van der Waals surface area contributed by atoms with Crippen LogP contribution in [-0.4, -0.2) is 28.5 Å². The molecular weight excluding hydrogens is 480 g/mol. The summed E-state index contributed by atoms with van der Waals surface area (Å²) >= 11 is 1.57. The van der Waals surface area contributed by atoms with Gasteiger partial charge in [-0.3, -0.25) is 0 Å². The number of aromatic nitrogens is 3. The second-order valence-corrected chi connectivity index (χ2v) is 9.25. The van der Waals surface area contributed by atoms with Crippen LogP contribution in [0.15, 0.2) is 72.4 Å². The van der Waals surface area contributed by atoms with Crippen LogP contribution >= 0.6 is 11.3 Å². The highest BCUT2D eigenvalue weighted by atomic mass is 32.1. The van der Waals surface area contributed by atoms with Gasteiger partial charge in [-0.1, -0.05) is 77.9 Å². The van der Waals surface area contributed by atoms with Crippen LogP contribution in [0.4, 0.5) is 10.9 Å². The first-order valence-electron chi connectivity index (χ1n) is 12.0. The minimum atomic E-state index is 0.505. The van der Waals surface area contributed by atoms with Gasteiger partial charge in [0.15, 0.2) is 0 Å². The van der Waals surface area contributed by atoms with E-state index in [0.29, 0.717) is 17.9 Å². The van der Waals surface area contributed by atoms with Gasteiger partial charge >= 0.3 is 0 Å². The fourth-order valence-electron chi connectivity index (χ4n) is 3.44. The maximum atomic E-state index is 9.97. The normalized spacial score (nSPS) is 10.6. The maximum Gasteiger partial charge on any atom is 0.205 e. The van der Waals surface area contributed by atoms with E-state index in [4.69, 9.17) is 11.5 Å². The molecule has 0 amide bonds. The largest absolute Gasteiger partial charge is 0.392 e. The molecule has 6 N–H and O–H groups in total. The second-order valence-electron chi connectivity index (χ2n) is 8.19. The molecule has 0 atom stereocenters. The molecule has 2 aromatic carbocycles. The number of rotatable bonds is 9. The minimum Gasteiger partial charge on any atom is -0.392 e. The Balaban J connectivity index is 0.000000356. The molecule has 0 saturated carbocycles. The number of hydrogen-bond acceptors (Lipinski definition) is 7. The number of carbonyl (C=O) groups is 1. The molecule has 8 heteroatoms. The number of unbranched alkanes of at least 4 members (excludes halogenated alkanes) is 1. The van der Waals surface area contributed by atoms with Crippen LogP contribution in [0.1, 0.15) is 40.2 Å². The van der Waals surface area contributed by atoms with Crippen LogP contribution in [0.2, 0.25) is 0 Å². The fourth-order valence-corrected chi connectivity index (χ4v) is 4.17. The highest BCUT2D eigenvalue weighted by Crippen LogP contribution is 2.19. The van der Waals surface area contributed by atoms with Crippen molar-refractivity contribution < 1.29 is 4.79 Å². The van der Waals surface area contributed by atoms with Crippen molar-refractivity contribution in [1.29, 1.82) is 0 Å². The minimum absolute atomic E-state index is 0.505. The number of H-pyrrole nitrogens is 1. The van der Waals surface area contributed by atoms with E-state index in [2.05, 4.69) is 44.5 Å². The Kier molecular flexibility index (Phi) is 11.0. The first-order chi connectivity index (χ1) is 18.1. The first-order valence-corrected chi connectivity index (χ1v) is 12.8. The molecule has 2 heterocycles. The van der Waals surface area contributed by atoms with Crippen molar-refractivity contribution in [2.45, 2.75) is 32.1 Å². The summed E-state index contributed by atoms with van der Waals surface area (Å²) in [5.41, 5.74) is 16.8. The number of nitrogens with zero attached hydrogens (tertiary/aromatic N) is 2. The smallest absolute Gasteiger partial charge is 0.205 e. The summed E-state index contributed by atoms with van der Waals surface area (Å²) in [7, 11) is 1.84. The summed E-state index contributed by atoms with van der Waals surface area (Å²) < 4.78 is 0. The standard InChI is InChI=1S/C21H24N6S.C8H8O/c1-24-21-27-26-19(28-21)11-7-3-6-10-17(22)13-16-14-18(25-20(16)23)12-15-8-4-2-5-9-15;9-7-6-8-4-2-1-3-5-8/h2,4-5,8-9,13-14,25H,3,7,11-12,22-23H2,1H3,(H,24,27);1-5,7H,6H2/b17-13-;. The lowest BCUT2D eigenvalue weighted by atomic mass is 10.1. The van der Waals surface area contributed by atoms with Gasteiger partial charge in [0, 0.05) is 44.0 Å². The molecule has 37 heavy (non-hydrogen) atoms. The Hall–Kier alpha value is -4.35. The van der Waals surface area contributed by atoms with Gasteiger partial charge in [0.2, 0.25) is 5.13 Å². The van der Waals surface area contributed by atoms with Crippen LogP contribution in [-0.2, 0) is 24.1 Å². The third kappa shape index (κ3) is 9.67. The predicted molar refractivity (Wildman–Crippen MR) is 153 cm³/mol. The number of anilines is 2. The molecule has 0 unspecified atom stereocenters. The molecule has 0 aliphatic rings. The van der Waals surface area contributed by atoms with Crippen molar-refractivity contribution in [3.63, 3.8) is 0 Å². The zero-order valence-corrected chi connectivity index (χ0v) is 21.7. The fraction of sp³-hybridized carbons (Fsp3) is 0.207. The zero-order chi connectivity index (χ0) is 26.3. The van der Waals surface area contributed by atoms with E-state index in [0.717, 1.165) is 58.9 Å². The van der Waals surface area contributed by atoms with E-state index in [1.807, 2.05) is 67.7 Å². The molecule has 0 fully saturated rings. The molecular formula is C29H32N6OS. The van der Waals surface area contributed by atoms with E-state index < -0.39 is 0 Å². The number of aldehydes is 1. The summed E-state index contributed by atoms with van der Waals surface area (Å²) in [5, 5.41) is 13.0. The van der Waals surface area contributed by atoms with E-state index in [1.54, 1.807) is 11.3 Å². The Bertz CT molecular complexity index is 1330. The molecule has 190 valence electrons. The van der Waals surface area contributed by atoms with Gasteiger partial charge in [-0.25, -0.2) is 0 Å². The Morgan fingerprint density at radius 3 is 2.43 bits per heavy atom. The monoisotopic (exact) mass is 512 g/mol. The van der Waals surface area contributed by atoms with Gasteiger partial charge in [0.25, 0.3) is 0 Å². The summed E-state index contributed by atoms with van der Waals surface area (Å²) in [6.07, 6.45) is 6.60. The van der Waals surface area contributed by atoms with Crippen LogP contribution in [0.25, 0.3) is 6.08 Å². The van der Waals surface area contributed by atoms with Gasteiger partial charge in [-0.05, 0) is 35.6 Å². The summed E-state index contributed by atoms with van der Waals surface area (Å²) in [5.74, 6) is 6.71. The van der Waals surface area contributed by atoms with E-state index in [1.165, 1.54) is 5.56 Å².